The summed E-state index contributed by atoms with van der Waals surface area (Å²) in [5.74, 6) is 0. The van der Waals surface area contributed by atoms with Gasteiger partial charge in [-0.05, 0) is 129 Å². The molecule has 1 aliphatic rings. The first-order valence-corrected chi connectivity index (χ1v) is 23.9. The van der Waals surface area contributed by atoms with E-state index >= 15 is 0 Å². The average Bonchev–Trinajstić information content (AvgIpc) is 4.11. The molecule has 67 heavy (non-hydrogen) atoms. The molecule has 0 spiro atoms. The summed E-state index contributed by atoms with van der Waals surface area (Å²) < 4.78 is 11.6. The third-order valence-electron chi connectivity index (χ3n) is 14.4. The highest BCUT2D eigenvalue weighted by molar-refractivity contribution is 7.25. The molecule has 0 amide bonds. The van der Waals surface area contributed by atoms with Crippen LogP contribution < -0.4 is 4.90 Å². The number of rotatable bonds is 6. The smallest absolute Gasteiger partial charge is 0.160 e. The molecule has 14 rings (SSSR count). The van der Waals surface area contributed by atoms with E-state index < -0.39 is 0 Å². The maximum atomic E-state index is 6.62. The molecule has 3 nitrogen and oxygen atoms in total. The summed E-state index contributed by atoms with van der Waals surface area (Å²) in [5.41, 5.74) is 18.5. The second-order valence-electron chi connectivity index (χ2n) is 18.5. The molecule has 0 radical (unpaired) electrons. The molecule has 316 valence electrons. The summed E-state index contributed by atoms with van der Waals surface area (Å²) in [7, 11) is 0. The van der Waals surface area contributed by atoms with Crippen LogP contribution in [0.2, 0.25) is 0 Å². The van der Waals surface area contributed by atoms with Gasteiger partial charge in [-0.1, -0.05) is 147 Å². The quantitative estimate of drug-likeness (QED) is 0.166. The number of benzene rings is 10. The van der Waals surface area contributed by atoms with Crippen molar-refractivity contribution in [3.05, 3.63) is 230 Å². The second kappa shape index (κ2) is 14.4. The Hall–Kier alpha value is -8.18. The Morgan fingerprint density at radius 2 is 1.00 bits per heavy atom. The van der Waals surface area contributed by atoms with Crippen molar-refractivity contribution in [2.75, 3.05) is 4.90 Å². The van der Waals surface area contributed by atoms with E-state index in [-0.39, 0.29) is 5.41 Å². The topological polar surface area (TPSA) is 21.3 Å². The van der Waals surface area contributed by atoms with Gasteiger partial charge in [0.2, 0.25) is 0 Å². The Morgan fingerprint density at radius 3 is 1.79 bits per heavy atom. The molecule has 10 aromatic carbocycles. The van der Waals surface area contributed by atoms with E-state index in [1.165, 1.54) is 64.3 Å². The van der Waals surface area contributed by atoms with Crippen molar-refractivity contribution in [1.29, 1.82) is 0 Å². The van der Waals surface area contributed by atoms with Crippen molar-refractivity contribution in [2.24, 2.45) is 0 Å². The van der Waals surface area contributed by atoms with Gasteiger partial charge in [0, 0.05) is 69.9 Å². The molecule has 0 saturated heterocycles. The lowest BCUT2D eigenvalue weighted by molar-refractivity contribution is 0.660. The first kappa shape index (κ1) is 38.1. The van der Waals surface area contributed by atoms with Gasteiger partial charge in [-0.15, -0.1) is 11.3 Å². The maximum absolute atomic E-state index is 6.62. The molecule has 0 unspecified atom stereocenters. The zero-order chi connectivity index (χ0) is 44.4. The van der Waals surface area contributed by atoms with E-state index in [1.807, 2.05) is 17.4 Å². The number of hydrogen-bond donors (Lipinski definition) is 0. The molecular formula is C63H42N2OS. The fraction of sp³-hybridized carbons (Fsp3) is 0.0476. The van der Waals surface area contributed by atoms with Crippen molar-refractivity contribution in [3.8, 4) is 39.1 Å². The minimum absolute atomic E-state index is 0.116. The van der Waals surface area contributed by atoms with Crippen molar-refractivity contribution in [2.45, 2.75) is 19.3 Å². The monoisotopic (exact) mass is 874 g/mol. The zero-order valence-corrected chi connectivity index (χ0v) is 37.8. The molecule has 0 atom stereocenters. The molecule has 4 heteroatoms. The normalized spacial score (nSPS) is 13.0. The standard InChI is InChI=1S/C63H42N2OS/c1-63(2)55-15-7-3-11-47(55)48-33-32-46(38-56(48)63)64(44-28-23-41(24-29-44)42-25-36-60-54(37-42)51-14-6-10-18-59(51)67-60)43-26-19-39(20-27-43)40-21-30-45(31-22-40)65-57-16-8-4-12-49(57)52-34-35-53-50-13-5-9-17-58(50)66-62(53)61(52)65/h3-38H,1-2H3. The number of aromatic nitrogens is 1. The first-order chi connectivity index (χ1) is 33.0. The van der Waals surface area contributed by atoms with E-state index in [1.54, 1.807) is 0 Å². The highest BCUT2D eigenvalue weighted by atomic mass is 32.1. The molecular weight excluding hydrogens is 833 g/mol. The summed E-state index contributed by atoms with van der Waals surface area (Å²) in [5, 5.41) is 7.30. The van der Waals surface area contributed by atoms with Crippen LogP contribution in [-0.2, 0) is 5.41 Å². The van der Waals surface area contributed by atoms with Crippen LogP contribution in [0.15, 0.2) is 223 Å². The fourth-order valence-corrected chi connectivity index (χ4v) is 12.2. The van der Waals surface area contributed by atoms with Gasteiger partial charge in [0.1, 0.15) is 5.58 Å². The van der Waals surface area contributed by atoms with Crippen molar-refractivity contribution < 1.29 is 4.42 Å². The molecule has 3 heterocycles. The molecule has 1 aliphatic carbocycles. The predicted molar refractivity (Wildman–Crippen MR) is 284 cm³/mol. The van der Waals surface area contributed by atoms with Crippen LogP contribution >= 0.6 is 11.3 Å². The summed E-state index contributed by atoms with van der Waals surface area (Å²) in [6, 6.07) is 80.1. The van der Waals surface area contributed by atoms with Crippen molar-refractivity contribution in [1.82, 2.24) is 4.57 Å². The number of para-hydroxylation sites is 2. The maximum Gasteiger partial charge on any atom is 0.160 e. The van der Waals surface area contributed by atoms with Gasteiger partial charge in [-0.2, -0.15) is 0 Å². The lowest BCUT2D eigenvalue weighted by atomic mass is 9.82. The fourth-order valence-electron chi connectivity index (χ4n) is 11.1. The van der Waals surface area contributed by atoms with Gasteiger partial charge in [-0.3, -0.25) is 0 Å². The highest BCUT2D eigenvalue weighted by Crippen LogP contribution is 2.51. The number of anilines is 3. The lowest BCUT2D eigenvalue weighted by Gasteiger charge is -2.28. The second-order valence-corrected chi connectivity index (χ2v) is 19.6. The first-order valence-electron chi connectivity index (χ1n) is 23.1. The molecule has 0 saturated carbocycles. The summed E-state index contributed by atoms with van der Waals surface area (Å²) in [4.78, 5) is 2.41. The van der Waals surface area contributed by atoms with E-state index in [0.29, 0.717) is 0 Å². The molecule has 0 aliphatic heterocycles. The molecule has 0 bridgehead atoms. The van der Waals surface area contributed by atoms with Crippen LogP contribution in [0.25, 0.3) is 103 Å². The Kier molecular flexibility index (Phi) is 8.20. The van der Waals surface area contributed by atoms with Gasteiger partial charge >= 0.3 is 0 Å². The van der Waals surface area contributed by atoms with E-state index in [4.69, 9.17) is 4.42 Å². The van der Waals surface area contributed by atoms with Crippen molar-refractivity contribution in [3.63, 3.8) is 0 Å². The highest BCUT2D eigenvalue weighted by Gasteiger charge is 2.35. The van der Waals surface area contributed by atoms with Crippen LogP contribution in [0.5, 0.6) is 0 Å². The number of thiophene rings is 1. The SMILES string of the molecule is CC1(C)c2ccccc2-c2ccc(N(c3ccc(-c4ccc(-n5c6ccccc6c6ccc7c8ccccc8oc7c65)cc4)cc3)c3ccc(-c4ccc5sc6ccccc6c5c4)cc3)cc21. The van der Waals surface area contributed by atoms with Crippen LogP contribution in [-0.4, -0.2) is 4.57 Å². The third kappa shape index (κ3) is 5.76. The van der Waals surface area contributed by atoms with Crippen LogP contribution in [0.1, 0.15) is 25.0 Å². The van der Waals surface area contributed by atoms with Gasteiger partial charge in [0.15, 0.2) is 5.58 Å². The summed E-state index contributed by atoms with van der Waals surface area (Å²) in [6.07, 6.45) is 0. The zero-order valence-electron chi connectivity index (χ0n) is 37.0. The van der Waals surface area contributed by atoms with Crippen LogP contribution in [0.4, 0.5) is 17.1 Å². The van der Waals surface area contributed by atoms with E-state index in [2.05, 4.69) is 236 Å². The minimum Gasteiger partial charge on any atom is -0.454 e. The Bertz CT molecular complexity index is 4110. The minimum atomic E-state index is -0.116. The predicted octanol–water partition coefficient (Wildman–Crippen LogP) is 18.2. The van der Waals surface area contributed by atoms with Crippen LogP contribution in [0, 0.1) is 0 Å². The van der Waals surface area contributed by atoms with Gasteiger partial charge in [-0.25, -0.2) is 0 Å². The average molecular weight is 875 g/mol. The molecule has 3 aromatic heterocycles. The number of nitrogens with zero attached hydrogens (tertiary/aromatic N) is 2. The van der Waals surface area contributed by atoms with Gasteiger partial charge in [0.25, 0.3) is 0 Å². The Morgan fingerprint density at radius 1 is 0.418 bits per heavy atom. The molecule has 0 N–H and O–H groups in total. The van der Waals surface area contributed by atoms with Gasteiger partial charge < -0.3 is 13.9 Å². The largest absolute Gasteiger partial charge is 0.454 e. The summed E-state index contributed by atoms with van der Waals surface area (Å²) in [6.45, 7) is 4.71. The van der Waals surface area contributed by atoms with Crippen molar-refractivity contribution >= 4 is 92.3 Å². The number of furan rings is 1. The summed E-state index contributed by atoms with van der Waals surface area (Å²) >= 11 is 1.86. The number of fused-ring (bicyclic) bond motifs is 13. The molecule has 0 fully saturated rings. The molecule has 13 aromatic rings. The van der Waals surface area contributed by atoms with Gasteiger partial charge in [0.05, 0.1) is 11.0 Å². The number of hydrogen-bond acceptors (Lipinski definition) is 3. The lowest BCUT2D eigenvalue weighted by Crippen LogP contribution is -2.16. The van der Waals surface area contributed by atoms with E-state index in [9.17, 15) is 0 Å². The van der Waals surface area contributed by atoms with Crippen LogP contribution in [0.3, 0.4) is 0 Å². The van der Waals surface area contributed by atoms with E-state index in [0.717, 1.165) is 66.8 Å². The third-order valence-corrected chi connectivity index (χ3v) is 15.6. The Balaban J connectivity index is 0.845. The Labute approximate surface area is 392 Å².